The quantitative estimate of drug-likeness (QED) is 0.787. The fourth-order valence-electron chi connectivity index (χ4n) is 4.55. The van der Waals surface area contributed by atoms with Gasteiger partial charge in [-0.05, 0) is 55.4 Å². The summed E-state index contributed by atoms with van der Waals surface area (Å²) in [6, 6.07) is 11.6. The maximum atomic E-state index is 13.2. The fourth-order valence-corrected chi connectivity index (χ4v) is 4.55. The van der Waals surface area contributed by atoms with Crippen LogP contribution in [0.25, 0.3) is 0 Å². The Bertz CT molecular complexity index is 902. The van der Waals surface area contributed by atoms with Crippen LogP contribution in [0, 0.1) is 37.5 Å². The van der Waals surface area contributed by atoms with E-state index in [0.29, 0.717) is 6.54 Å². The lowest BCUT2D eigenvalue weighted by Crippen LogP contribution is -2.42. The summed E-state index contributed by atoms with van der Waals surface area (Å²) >= 11 is 0. The van der Waals surface area contributed by atoms with E-state index in [9.17, 15) is 9.59 Å². The van der Waals surface area contributed by atoms with Crippen molar-refractivity contribution < 1.29 is 9.59 Å². The molecular weight excluding hydrogens is 350 g/mol. The molecule has 0 saturated heterocycles. The second kappa shape index (κ2) is 7.58. The van der Waals surface area contributed by atoms with Crippen molar-refractivity contribution in [3.8, 4) is 0 Å². The minimum Gasteiger partial charge on any atom is -0.350 e. The molecule has 2 bridgehead atoms. The Morgan fingerprint density at radius 2 is 1.64 bits per heavy atom. The summed E-state index contributed by atoms with van der Waals surface area (Å²) in [4.78, 5) is 30.4. The molecule has 4 rings (SSSR count). The summed E-state index contributed by atoms with van der Waals surface area (Å²) < 4.78 is 0. The number of rotatable bonds is 5. The third-order valence-corrected chi connectivity index (χ3v) is 5.96. The van der Waals surface area contributed by atoms with E-state index in [2.05, 4.69) is 27.8 Å². The van der Waals surface area contributed by atoms with Crippen LogP contribution < -0.4 is 10.6 Å². The first-order valence-corrected chi connectivity index (χ1v) is 9.77. The molecular formula is C23H25N3O2. The lowest BCUT2D eigenvalue weighted by Gasteiger charge is -2.27. The van der Waals surface area contributed by atoms with Crippen LogP contribution in [0.3, 0.4) is 0 Å². The number of anilines is 1. The van der Waals surface area contributed by atoms with Crippen molar-refractivity contribution >= 4 is 17.5 Å². The monoisotopic (exact) mass is 375 g/mol. The van der Waals surface area contributed by atoms with Gasteiger partial charge in [0.2, 0.25) is 11.8 Å². The van der Waals surface area contributed by atoms with Gasteiger partial charge in [0.15, 0.2) is 0 Å². The molecule has 2 aromatic rings. The summed E-state index contributed by atoms with van der Waals surface area (Å²) in [6.07, 6.45) is 6.77. The predicted molar refractivity (Wildman–Crippen MR) is 108 cm³/mol. The first-order chi connectivity index (χ1) is 13.5. The predicted octanol–water partition coefficient (Wildman–Crippen LogP) is 3.39. The minimum atomic E-state index is -0.335. The number of para-hydroxylation sites is 1. The van der Waals surface area contributed by atoms with E-state index < -0.39 is 0 Å². The van der Waals surface area contributed by atoms with Gasteiger partial charge in [0.1, 0.15) is 0 Å². The lowest BCUT2D eigenvalue weighted by molar-refractivity contribution is -0.133. The molecule has 1 aromatic heterocycles. The maximum absolute atomic E-state index is 13.2. The molecule has 2 amide bonds. The number of hydrogen-bond acceptors (Lipinski definition) is 3. The van der Waals surface area contributed by atoms with E-state index >= 15 is 0 Å². The van der Waals surface area contributed by atoms with Gasteiger partial charge < -0.3 is 10.6 Å². The number of hydrogen-bond donors (Lipinski definition) is 2. The molecule has 0 spiro atoms. The van der Waals surface area contributed by atoms with Gasteiger partial charge in [-0.1, -0.05) is 36.4 Å². The Hall–Kier alpha value is -2.95. The number of pyridine rings is 1. The van der Waals surface area contributed by atoms with Gasteiger partial charge >= 0.3 is 0 Å². The molecule has 2 aliphatic rings. The van der Waals surface area contributed by atoms with Gasteiger partial charge in [-0.25, -0.2) is 0 Å². The molecule has 2 N–H and O–H groups in total. The van der Waals surface area contributed by atoms with E-state index in [1.54, 1.807) is 6.20 Å². The zero-order valence-electron chi connectivity index (χ0n) is 16.2. The van der Waals surface area contributed by atoms with Gasteiger partial charge in [0.05, 0.1) is 24.1 Å². The highest BCUT2D eigenvalue weighted by atomic mass is 16.2. The molecule has 1 heterocycles. The number of allylic oxidation sites excluding steroid dienone is 2. The maximum Gasteiger partial charge on any atom is 0.228 e. The molecule has 5 nitrogen and oxygen atoms in total. The van der Waals surface area contributed by atoms with Crippen LogP contribution in [0.4, 0.5) is 5.69 Å². The van der Waals surface area contributed by atoms with E-state index in [4.69, 9.17) is 0 Å². The van der Waals surface area contributed by atoms with Gasteiger partial charge in [-0.15, -0.1) is 0 Å². The lowest BCUT2D eigenvalue weighted by atomic mass is 9.81. The van der Waals surface area contributed by atoms with Crippen LogP contribution in [-0.2, 0) is 16.1 Å². The normalized spacial score (nSPS) is 24.9. The van der Waals surface area contributed by atoms with Crippen LogP contribution in [0.5, 0.6) is 0 Å². The van der Waals surface area contributed by atoms with Gasteiger partial charge in [-0.3, -0.25) is 14.6 Å². The SMILES string of the molecule is Cc1cccc(C)c1NC(=O)[C@@H]1[C@@H](C(=O)NCc2ccccn2)[C@H]2C=C[C@H]1C2. The molecule has 4 atom stereocenters. The first kappa shape index (κ1) is 18.4. The standard InChI is InChI=1S/C23H25N3O2/c1-14-6-5-7-15(2)21(14)26-23(28)20-17-10-9-16(12-17)19(20)22(27)25-13-18-8-3-4-11-24-18/h3-11,16-17,19-20H,12-13H2,1-2H3,(H,25,27)(H,26,28)/t16-,17-,19-,20-/m0/s1. The van der Waals surface area contributed by atoms with Crippen LogP contribution in [0.2, 0.25) is 0 Å². The average Bonchev–Trinajstić information content (AvgIpc) is 3.31. The second-order valence-corrected chi connectivity index (χ2v) is 7.79. The van der Waals surface area contributed by atoms with Crippen LogP contribution >= 0.6 is 0 Å². The molecule has 2 aliphatic carbocycles. The van der Waals surface area contributed by atoms with Gasteiger partial charge in [0.25, 0.3) is 0 Å². The summed E-state index contributed by atoms with van der Waals surface area (Å²) in [5.74, 6) is -0.542. The number of aromatic nitrogens is 1. The van der Waals surface area contributed by atoms with Crippen molar-refractivity contribution in [1.82, 2.24) is 10.3 Å². The second-order valence-electron chi connectivity index (χ2n) is 7.79. The van der Waals surface area contributed by atoms with E-state index in [-0.39, 0.29) is 35.5 Å². The van der Waals surface area contributed by atoms with Crippen LogP contribution in [0.15, 0.2) is 54.7 Å². The molecule has 1 fully saturated rings. The molecule has 1 saturated carbocycles. The van der Waals surface area contributed by atoms with Crippen LogP contribution in [0.1, 0.15) is 23.2 Å². The van der Waals surface area contributed by atoms with Crippen molar-refractivity contribution in [3.05, 3.63) is 71.6 Å². The highest BCUT2D eigenvalue weighted by Gasteiger charge is 2.51. The summed E-state index contributed by atoms with van der Waals surface area (Å²) in [6.45, 7) is 4.35. The molecule has 144 valence electrons. The average molecular weight is 375 g/mol. The van der Waals surface area contributed by atoms with E-state index in [0.717, 1.165) is 28.9 Å². The van der Waals surface area contributed by atoms with Crippen molar-refractivity contribution in [2.75, 3.05) is 5.32 Å². The smallest absolute Gasteiger partial charge is 0.228 e. The Labute approximate surface area is 165 Å². The Kier molecular flexibility index (Phi) is 4.99. The Balaban J connectivity index is 1.49. The summed E-state index contributed by atoms with van der Waals surface area (Å²) in [5.41, 5.74) is 3.73. The molecule has 0 radical (unpaired) electrons. The first-order valence-electron chi connectivity index (χ1n) is 9.77. The topological polar surface area (TPSA) is 71.1 Å². The number of carbonyl (C=O) groups is 2. The minimum absolute atomic E-state index is 0.0627. The van der Waals surface area contributed by atoms with Gasteiger partial charge in [0, 0.05) is 11.9 Å². The highest BCUT2D eigenvalue weighted by molar-refractivity contribution is 5.98. The molecule has 0 aliphatic heterocycles. The number of amides is 2. The van der Waals surface area contributed by atoms with Crippen LogP contribution in [-0.4, -0.2) is 16.8 Å². The zero-order valence-corrected chi connectivity index (χ0v) is 16.2. The van der Waals surface area contributed by atoms with Crippen molar-refractivity contribution in [2.45, 2.75) is 26.8 Å². The number of fused-ring (bicyclic) bond motifs is 2. The Morgan fingerprint density at radius 1 is 0.964 bits per heavy atom. The Morgan fingerprint density at radius 3 is 2.29 bits per heavy atom. The fraction of sp³-hybridized carbons (Fsp3) is 0.348. The summed E-state index contributed by atoms with van der Waals surface area (Å²) in [5, 5.41) is 6.08. The molecule has 28 heavy (non-hydrogen) atoms. The van der Waals surface area contributed by atoms with Crippen molar-refractivity contribution in [3.63, 3.8) is 0 Å². The number of nitrogens with one attached hydrogen (secondary N) is 2. The number of aryl methyl sites for hydroxylation is 2. The van der Waals surface area contributed by atoms with E-state index in [1.807, 2.05) is 50.2 Å². The van der Waals surface area contributed by atoms with Crippen molar-refractivity contribution in [1.29, 1.82) is 0 Å². The molecule has 1 aromatic carbocycles. The highest BCUT2D eigenvalue weighted by Crippen LogP contribution is 2.48. The molecule has 5 heteroatoms. The molecule has 0 unspecified atom stereocenters. The number of benzene rings is 1. The zero-order chi connectivity index (χ0) is 19.7. The third-order valence-electron chi connectivity index (χ3n) is 5.96. The third kappa shape index (κ3) is 3.44. The number of nitrogens with zero attached hydrogens (tertiary/aromatic N) is 1. The summed E-state index contributed by atoms with van der Waals surface area (Å²) in [7, 11) is 0. The van der Waals surface area contributed by atoms with Crippen molar-refractivity contribution in [2.24, 2.45) is 23.7 Å². The number of carbonyl (C=O) groups excluding carboxylic acids is 2. The van der Waals surface area contributed by atoms with Gasteiger partial charge in [-0.2, -0.15) is 0 Å². The van der Waals surface area contributed by atoms with E-state index in [1.165, 1.54) is 0 Å². The largest absolute Gasteiger partial charge is 0.350 e.